The molecule has 0 heterocycles. The summed E-state index contributed by atoms with van der Waals surface area (Å²) in [6.07, 6.45) is 10.3. The molecule has 1 N–H and O–H groups in total. The Morgan fingerprint density at radius 2 is 1.32 bits per heavy atom. The van der Waals surface area contributed by atoms with Crippen molar-refractivity contribution in [1.29, 1.82) is 0 Å². The Balaban J connectivity index is 4.75. The second-order valence-corrected chi connectivity index (χ2v) is 6.22. The normalized spacial score (nSPS) is 11.3. The van der Waals surface area contributed by atoms with Crippen molar-refractivity contribution >= 4 is 11.9 Å². The second kappa shape index (κ2) is 12.5. The van der Waals surface area contributed by atoms with Crippen LogP contribution in [0.25, 0.3) is 0 Å². The number of unbranched alkanes of at least 4 members (excludes halogenated alkanes) is 3. The summed E-state index contributed by atoms with van der Waals surface area (Å²) in [7, 11) is 1.36. The number of ether oxygens (including phenoxy) is 1. The van der Waals surface area contributed by atoms with Crippen molar-refractivity contribution in [2.45, 2.75) is 96.9 Å². The van der Waals surface area contributed by atoms with Gasteiger partial charge in [0.1, 0.15) is 0 Å². The molecule has 0 bridgehead atoms. The summed E-state index contributed by atoms with van der Waals surface area (Å²) < 4.78 is 4.61. The fraction of sp³-hybridized carbons (Fsp3) is 0.889. The number of hydrogen-bond acceptors (Lipinski definition) is 3. The van der Waals surface area contributed by atoms with Crippen LogP contribution in [0.15, 0.2) is 0 Å². The van der Waals surface area contributed by atoms with Crippen LogP contribution in [0.3, 0.4) is 0 Å². The minimum Gasteiger partial charge on any atom is -0.469 e. The van der Waals surface area contributed by atoms with Gasteiger partial charge in [-0.05, 0) is 19.3 Å². The topological polar surface area (TPSA) is 55.4 Å². The molecule has 0 aliphatic carbocycles. The molecule has 0 fully saturated rings. The predicted octanol–water partition coefficient (Wildman–Crippen LogP) is 4.37. The van der Waals surface area contributed by atoms with Crippen LogP contribution in [0.5, 0.6) is 0 Å². The Morgan fingerprint density at radius 1 is 0.864 bits per heavy atom. The highest BCUT2D eigenvalue weighted by molar-refractivity contribution is 5.81. The van der Waals surface area contributed by atoms with Crippen LogP contribution < -0.4 is 5.32 Å². The number of hydrogen-bond donors (Lipinski definition) is 1. The molecule has 1 amide bonds. The number of nitrogens with one attached hydrogen (secondary N) is 1. The molecule has 0 aliphatic heterocycles. The highest BCUT2D eigenvalue weighted by Gasteiger charge is 2.30. The van der Waals surface area contributed by atoms with Gasteiger partial charge in [-0.1, -0.05) is 59.3 Å². The molecular weight excluding hydrogens is 278 g/mol. The van der Waals surface area contributed by atoms with Gasteiger partial charge in [-0.25, -0.2) is 0 Å². The van der Waals surface area contributed by atoms with E-state index in [1.165, 1.54) is 7.11 Å². The maximum absolute atomic E-state index is 12.2. The number of rotatable bonds is 13. The average Bonchev–Trinajstić information content (AvgIpc) is 2.53. The molecule has 22 heavy (non-hydrogen) atoms. The van der Waals surface area contributed by atoms with Crippen LogP contribution in [0.4, 0.5) is 0 Å². The lowest BCUT2D eigenvalue weighted by Crippen LogP contribution is -2.48. The van der Waals surface area contributed by atoms with E-state index in [1.807, 2.05) is 0 Å². The van der Waals surface area contributed by atoms with Gasteiger partial charge in [0.2, 0.25) is 5.91 Å². The number of esters is 1. The van der Waals surface area contributed by atoms with Gasteiger partial charge in [0, 0.05) is 12.0 Å². The van der Waals surface area contributed by atoms with Crippen LogP contribution in [0, 0.1) is 0 Å². The number of amides is 1. The summed E-state index contributed by atoms with van der Waals surface area (Å²) in [5, 5.41) is 3.27. The van der Waals surface area contributed by atoms with Crippen molar-refractivity contribution < 1.29 is 14.3 Å². The fourth-order valence-electron chi connectivity index (χ4n) is 2.78. The lowest BCUT2D eigenvalue weighted by Gasteiger charge is -2.35. The van der Waals surface area contributed by atoms with E-state index < -0.39 is 0 Å². The summed E-state index contributed by atoms with van der Waals surface area (Å²) in [4.78, 5) is 23.4. The Kier molecular flexibility index (Phi) is 11.9. The first-order chi connectivity index (χ1) is 10.5. The molecule has 0 aliphatic rings. The van der Waals surface area contributed by atoms with Crippen molar-refractivity contribution in [3.05, 3.63) is 0 Å². The Bertz CT molecular complexity index is 294. The molecule has 0 aromatic carbocycles. The van der Waals surface area contributed by atoms with Crippen LogP contribution in [0.2, 0.25) is 0 Å². The molecule has 0 rings (SSSR count). The monoisotopic (exact) mass is 313 g/mol. The van der Waals surface area contributed by atoms with Crippen LogP contribution in [-0.4, -0.2) is 24.5 Å². The maximum Gasteiger partial charge on any atom is 0.306 e. The van der Waals surface area contributed by atoms with E-state index in [0.29, 0.717) is 0 Å². The lowest BCUT2D eigenvalue weighted by atomic mass is 9.82. The SMILES string of the molecule is CCCCC(CCCC)(CCCC)NC(=O)CCC(=O)OC. The van der Waals surface area contributed by atoms with Crippen LogP contribution in [-0.2, 0) is 14.3 Å². The third-order valence-electron chi connectivity index (χ3n) is 4.22. The van der Waals surface area contributed by atoms with E-state index in [1.54, 1.807) is 0 Å². The van der Waals surface area contributed by atoms with E-state index >= 15 is 0 Å². The second-order valence-electron chi connectivity index (χ2n) is 6.22. The fourth-order valence-corrected chi connectivity index (χ4v) is 2.78. The molecule has 4 heteroatoms. The molecule has 0 saturated heterocycles. The van der Waals surface area contributed by atoms with Gasteiger partial charge in [0.15, 0.2) is 0 Å². The third kappa shape index (κ3) is 9.06. The quantitative estimate of drug-likeness (QED) is 0.514. The summed E-state index contributed by atoms with van der Waals surface area (Å²) in [5.41, 5.74) is -0.0881. The van der Waals surface area contributed by atoms with E-state index in [4.69, 9.17) is 0 Å². The molecule has 0 saturated carbocycles. The molecule has 0 spiro atoms. The van der Waals surface area contributed by atoms with Gasteiger partial charge in [-0.15, -0.1) is 0 Å². The summed E-state index contributed by atoms with van der Waals surface area (Å²) in [6.45, 7) is 6.55. The molecule has 4 nitrogen and oxygen atoms in total. The summed E-state index contributed by atoms with van der Waals surface area (Å²) in [5.74, 6) is -0.342. The third-order valence-corrected chi connectivity index (χ3v) is 4.22. The molecule has 0 aromatic heterocycles. The Labute approximate surface area is 136 Å². The summed E-state index contributed by atoms with van der Waals surface area (Å²) >= 11 is 0. The smallest absolute Gasteiger partial charge is 0.306 e. The van der Waals surface area contributed by atoms with Gasteiger partial charge in [0.25, 0.3) is 0 Å². The molecule has 0 unspecified atom stereocenters. The summed E-state index contributed by atoms with van der Waals surface area (Å²) in [6, 6.07) is 0. The van der Waals surface area contributed by atoms with E-state index in [9.17, 15) is 9.59 Å². The van der Waals surface area contributed by atoms with Crippen molar-refractivity contribution in [2.24, 2.45) is 0 Å². The van der Waals surface area contributed by atoms with Crippen molar-refractivity contribution in [1.82, 2.24) is 5.32 Å². The minimum atomic E-state index is -0.323. The number of carbonyl (C=O) groups is 2. The first-order valence-electron chi connectivity index (χ1n) is 8.91. The molecule has 0 aromatic rings. The van der Waals surface area contributed by atoms with Gasteiger partial charge in [-0.3, -0.25) is 9.59 Å². The van der Waals surface area contributed by atoms with Crippen LogP contribution in [0.1, 0.15) is 91.4 Å². The predicted molar refractivity (Wildman–Crippen MR) is 90.7 cm³/mol. The molecule has 0 radical (unpaired) electrons. The van der Waals surface area contributed by atoms with E-state index in [-0.39, 0.29) is 30.3 Å². The van der Waals surface area contributed by atoms with Crippen LogP contribution >= 0.6 is 0 Å². The van der Waals surface area contributed by atoms with E-state index in [0.717, 1.165) is 57.8 Å². The van der Waals surface area contributed by atoms with Gasteiger partial charge in [-0.2, -0.15) is 0 Å². The zero-order valence-electron chi connectivity index (χ0n) is 15.0. The Hall–Kier alpha value is -1.06. The molecular formula is C18H35NO3. The first-order valence-corrected chi connectivity index (χ1v) is 8.91. The average molecular weight is 313 g/mol. The standard InChI is InChI=1S/C18H35NO3/c1-5-8-13-18(14-9-6-2,15-10-7-3)19-16(20)11-12-17(21)22-4/h5-15H2,1-4H3,(H,19,20). The van der Waals surface area contributed by atoms with Gasteiger partial charge < -0.3 is 10.1 Å². The van der Waals surface area contributed by atoms with E-state index in [2.05, 4.69) is 30.8 Å². The minimum absolute atomic E-state index is 0.0197. The van der Waals surface area contributed by atoms with Crippen molar-refractivity contribution in [2.75, 3.05) is 7.11 Å². The van der Waals surface area contributed by atoms with Gasteiger partial charge >= 0.3 is 5.97 Å². The maximum atomic E-state index is 12.2. The largest absolute Gasteiger partial charge is 0.469 e. The number of carbonyl (C=O) groups excluding carboxylic acids is 2. The lowest BCUT2D eigenvalue weighted by molar-refractivity contribution is -0.142. The first kappa shape index (κ1) is 20.9. The number of methoxy groups -OCH3 is 1. The molecule has 0 atom stereocenters. The highest BCUT2D eigenvalue weighted by atomic mass is 16.5. The Morgan fingerprint density at radius 3 is 1.68 bits per heavy atom. The zero-order valence-corrected chi connectivity index (χ0v) is 15.0. The van der Waals surface area contributed by atoms with Gasteiger partial charge in [0.05, 0.1) is 13.5 Å². The molecule has 130 valence electrons. The highest BCUT2D eigenvalue weighted by Crippen LogP contribution is 2.28. The zero-order chi connectivity index (χ0) is 16.8. The van der Waals surface area contributed by atoms with Crippen molar-refractivity contribution in [3.8, 4) is 0 Å². The van der Waals surface area contributed by atoms with Crippen molar-refractivity contribution in [3.63, 3.8) is 0 Å².